The number of hydrogen-bond acceptors (Lipinski definition) is 5. The van der Waals surface area contributed by atoms with Gasteiger partial charge in [-0.25, -0.2) is 4.98 Å². The molecule has 8 heteroatoms. The van der Waals surface area contributed by atoms with Crippen molar-refractivity contribution in [2.45, 2.75) is 6.92 Å². The van der Waals surface area contributed by atoms with Gasteiger partial charge in [-0.2, -0.15) is 0 Å². The molecule has 0 saturated carbocycles. The zero-order chi connectivity index (χ0) is 22.0. The molecule has 0 aliphatic carbocycles. The topological polar surface area (TPSA) is 76.4 Å². The lowest BCUT2D eigenvalue weighted by molar-refractivity contribution is 0.0977. The molecule has 6 nitrogen and oxygen atoms in total. The zero-order valence-corrected chi connectivity index (χ0v) is 19.1. The van der Waals surface area contributed by atoms with Crippen molar-refractivity contribution in [1.82, 2.24) is 10.3 Å². The molecular weight excluding hydrogens is 478 g/mol. The molecule has 0 bridgehead atoms. The van der Waals surface area contributed by atoms with E-state index in [4.69, 9.17) is 21.4 Å². The second-order valence-electron chi connectivity index (χ2n) is 6.80. The number of aromatic nitrogens is 1. The number of benzene rings is 3. The molecule has 4 aromatic rings. The van der Waals surface area contributed by atoms with Gasteiger partial charge >= 0.3 is 0 Å². The molecule has 0 aliphatic heterocycles. The Hall–Kier alpha value is -3.23. The minimum atomic E-state index is -0.291. The van der Waals surface area contributed by atoms with Crippen molar-refractivity contribution in [3.8, 4) is 17.2 Å². The van der Waals surface area contributed by atoms with E-state index >= 15 is 0 Å². The standard InChI is InChI=1S/C23H18BrN3O3S/c1-13-6-7-15(22-25-19-12-17(29-2)8-9-20(19)30-22)11-18(13)26-23(31)27-21(28)14-4-3-5-16(24)10-14/h3-12H,1-2H3,(H2,26,27,28,31). The molecule has 0 unspecified atom stereocenters. The Balaban J connectivity index is 1.54. The van der Waals surface area contributed by atoms with E-state index < -0.39 is 0 Å². The van der Waals surface area contributed by atoms with Crippen LogP contribution in [0.4, 0.5) is 5.69 Å². The van der Waals surface area contributed by atoms with E-state index in [0.29, 0.717) is 28.3 Å². The van der Waals surface area contributed by atoms with Crippen LogP contribution in [0.5, 0.6) is 5.75 Å². The van der Waals surface area contributed by atoms with Crippen LogP contribution in [-0.4, -0.2) is 23.1 Å². The highest BCUT2D eigenvalue weighted by molar-refractivity contribution is 9.10. The van der Waals surface area contributed by atoms with Crippen LogP contribution in [0.15, 0.2) is 69.6 Å². The lowest BCUT2D eigenvalue weighted by Crippen LogP contribution is -2.34. The quantitative estimate of drug-likeness (QED) is 0.353. The number of carbonyl (C=O) groups excluding carboxylic acids is 1. The molecule has 1 amide bonds. The molecular formula is C23H18BrN3O3S. The molecule has 0 saturated heterocycles. The molecule has 2 N–H and O–H groups in total. The number of ether oxygens (including phenoxy) is 1. The van der Waals surface area contributed by atoms with Crippen LogP contribution in [0, 0.1) is 6.92 Å². The van der Waals surface area contributed by atoms with Crippen molar-refractivity contribution in [3.05, 3.63) is 76.3 Å². The average molecular weight is 496 g/mol. The number of halogens is 1. The molecule has 4 rings (SSSR count). The van der Waals surface area contributed by atoms with Crippen LogP contribution in [-0.2, 0) is 0 Å². The predicted octanol–water partition coefficient (Wildman–Crippen LogP) is 5.70. The fourth-order valence-corrected chi connectivity index (χ4v) is 3.61. The first-order chi connectivity index (χ1) is 14.9. The summed E-state index contributed by atoms with van der Waals surface area (Å²) in [5, 5.41) is 5.99. The summed E-state index contributed by atoms with van der Waals surface area (Å²) >= 11 is 8.70. The van der Waals surface area contributed by atoms with Crippen molar-refractivity contribution < 1.29 is 13.9 Å². The molecule has 156 valence electrons. The Morgan fingerprint density at radius 3 is 2.74 bits per heavy atom. The van der Waals surface area contributed by atoms with Gasteiger partial charge in [0.2, 0.25) is 5.89 Å². The van der Waals surface area contributed by atoms with E-state index in [1.54, 1.807) is 25.3 Å². The summed E-state index contributed by atoms with van der Waals surface area (Å²) in [6.45, 7) is 1.95. The summed E-state index contributed by atoms with van der Waals surface area (Å²) in [5.74, 6) is 0.904. The van der Waals surface area contributed by atoms with Crippen LogP contribution < -0.4 is 15.4 Å². The highest BCUT2D eigenvalue weighted by Crippen LogP contribution is 2.29. The number of nitrogens with one attached hydrogen (secondary N) is 2. The number of carbonyl (C=O) groups is 1. The molecule has 0 aliphatic rings. The molecule has 0 radical (unpaired) electrons. The smallest absolute Gasteiger partial charge is 0.257 e. The van der Waals surface area contributed by atoms with Crippen LogP contribution in [0.25, 0.3) is 22.6 Å². The molecule has 1 aromatic heterocycles. The molecule has 0 fully saturated rings. The third-order valence-electron chi connectivity index (χ3n) is 4.64. The first-order valence-corrected chi connectivity index (χ1v) is 10.6. The Labute approximate surface area is 192 Å². The summed E-state index contributed by atoms with van der Waals surface area (Å²) < 4.78 is 11.9. The van der Waals surface area contributed by atoms with Crippen molar-refractivity contribution in [1.29, 1.82) is 0 Å². The summed E-state index contributed by atoms with van der Waals surface area (Å²) in [7, 11) is 1.61. The van der Waals surface area contributed by atoms with E-state index in [1.807, 2.05) is 49.4 Å². The zero-order valence-electron chi connectivity index (χ0n) is 16.7. The van der Waals surface area contributed by atoms with E-state index in [9.17, 15) is 4.79 Å². The van der Waals surface area contributed by atoms with Crippen molar-refractivity contribution in [2.24, 2.45) is 0 Å². The second kappa shape index (κ2) is 8.87. The van der Waals surface area contributed by atoms with Crippen molar-refractivity contribution in [2.75, 3.05) is 12.4 Å². The van der Waals surface area contributed by atoms with E-state index in [1.165, 1.54) is 0 Å². The Morgan fingerprint density at radius 1 is 1.13 bits per heavy atom. The number of nitrogens with zero attached hydrogens (tertiary/aromatic N) is 1. The third-order valence-corrected chi connectivity index (χ3v) is 5.34. The minimum Gasteiger partial charge on any atom is -0.497 e. The van der Waals surface area contributed by atoms with Gasteiger partial charge in [0, 0.05) is 27.4 Å². The van der Waals surface area contributed by atoms with E-state index in [2.05, 4.69) is 31.5 Å². The fourth-order valence-electron chi connectivity index (χ4n) is 3.01. The highest BCUT2D eigenvalue weighted by Gasteiger charge is 2.13. The molecule has 0 atom stereocenters. The summed E-state index contributed by atoms with van der Waals surface area (Å²) in [4.78, 5) is 17.0. The fraction of sp³-hybridized carbons (Fsp3) is 0.0870. The Kier molecular flexibility index (Phi) is 6.01. The number of aryl methyl sites for hydroxylation is 1. The number of methoxy groups -OCH3 is 1. The predicted molar refractivity (Wildman–Crippen MR) is 129 cm³/mol. The van der Waals surface area contributed by atoms with Gasteiger partial charge < -0.3 is 14.5 Å². The van der Waals surface area contributed by atoms with Gasteiger partial charge in [0.15, 0.2) is 10.7 Å². The molecule has 3 aromatic carbocycles. The lowest BCUT2D eigenvalue weighted by atomic mass is 10.1. The molecule has 0 spiro atoms. The number of anilines is 1. The summed E-state index contributed by atoms with van der Waals surface area (Å²) in [5.41, 5.74) is 4.37. The van der Waals surface area contributed by atoms with Gasteiger partial charge in [0.1, 0.15) is 11.3 Å². The minimum absolute atomic E-state index is 0.201. The number of amides is 1. The SMILES string of the molecule is COc1ccc2oc(-c3ccc(C)c(NC(=S)NC(=O)c4cccc(Br)c4)c3)nc2c1. The van der Waals surface area contributed by atoms with Crippen LogP contribution in [0.3, 0.4) is 0 Å². The van der Waals surface area contributed by atoms with Crippen molar-refractivity contribution >= 4 is 56.0 Å². The van der Waals surface area contributed by atoms with Gasteiger partial charge in [0.25, 0.3) is 5.91 Å². The first-order valence-electron chi connectivity index (χ1n) is 9.36. The number of thiocarbonyl (C=S) groups is 1. The number of rotatable bonds is 4. The first kappa shape index (κ1) is 21.0. The van der Waals surface area contributed by atoms with Gasteiger partial charge in [-0.15, -0.1) is 0 Å². The molecule has 31 heavy (non-hydrogen) atoms. The Bertz CT molecular complexity index is 1300. The maximum Gasteiger partial charge on any atom is 0.257 e. The Morgan fingerprint density at radius 2 is 1.97 bits per heavy atom. The maximum atomic E-state index is 12.4. The largest absolute Gasteiger partial charge is 0.497 e. The summed E-state index contributed by atoms with van der Waals surface area (Å²) in [6, 6.07) is 18.3. The monoisotopic (exact) mass is 495 g/mol. The third kappa shape index (κ3) is 4.76. The lowest BCUT2D eigenvalue weighted by Gasteiger charge is -2.12. The van der Waals surface area contributed by atoms with Gasteiger partial charge in [-0.1, -0.05) is 28.1 Å². The highest BCUT2D eigenvalue weighted by atomic mass is 79.9. The van der Waals surface area contributed by atoms with E-state index in [-0.39, 0.29) is 11.0 Å². The number of hydrogen-bond donors (Lipinski definition) is 2. The average Bonchev–Trinajstić information content (AvgIpc) is 3.18. The van der Waals surface area contributed by atoms with Crippen LogP contribution in [0.1, 0.15) is 15.9 Å². The maximum absolute atomic E-state index is 12.4. The number of oxazole rings is 1. The van der Waals surface area contributed by atoms with Gasteiger partial charge in [-0.3, -0.25) is 10.1 Å². The van der Waals surface area contributed by atoms with Crippen molar-refractivity contribution in [3.63, 3.8) is 0 Å². The van der Waals surface area contributed by atoms with Gasteiger partial charge in [-0.05, 0) is 67.2 Å². The summed E-state index contributed by atoms with van der Waals surface area (Å²) in [6.07, 6.45) is 0. The molecule has 1 heterocycles. The van der Waals surface area contributed by atoms with Crippen LogP contribution in [0.2, 0.25) is 0 Å². The van der Waals surface area contributed by atoms with Crippen LogP contribution >= 0.6 is 28.1 Å². The second-order valence-corrected chi connectivity index (χ2v) is 8.12. The number of fused-ring (bicyclic) bond motifs is 1. The van der Waals surface area contributed by atoms with Gasteiger partial charge in [0.05, 0.1) is 7.11 Å². The normalized spacial score (nSPS) is 10.7. The van der Waals surface area contributed by atoms with E-state index in [0.717, 1.165) is 21.3 Å².